The summed E-state index contributed by atoms with van der Waals surface area (Å²) in [6, 6.07) is 6.23. The summed E-state index contributed by atoms with van der Waals surface area (Å²) in [7, 11) is 1.59. The maximum absolute atomic E-state index is 14.4. The van der Waals surface area contributed by atoms with Gasteiger partial charge in [0, 0.05) is 12.6 Å². The molecule has 1 fully saturated rings. The summed E-state index contributed by atoms with van der Waals surface area (Å²) in [6.07, 6.45) is 2.53. The summed E-state index contributed by atoms with van der Waals surface area (Å²) < 4.78 is 19.8. The van der Waals surface area contributed by atoms with Gasteiger partial charge in [-0.25, -0.2) is 14.9 Å². The Balaban J connectivity index is 1.70. The molecule has 0 bridgehead atoms. The Morgan fingerprint density at radius 2 is 2.21 bits per heavy atom. The number of aliphatic imine (C=N–C) groups is 1. The van der Waals surface area contributed by atoms with Gasteiger partial charge in [0.05, 0.1) is 12.9 Å². The van der Waals surface area contributed by atoms with Gasteiger partial charge in [-0.1, -0.05) is 6.07 Å². The van der Waals surface area contributed by atoms with Crippen LogP contribution in [-0.2, 0) is 9.63 Å². The average Bonchev–Trinajstić information content (AvgIpc) is 3.35. The molecule has 7 nitrogen and oxygen atoms in total. The molecule has 28 heavy (non-hydrogen) atoms. The minimum absolute atomic E-state index is 0.0753. The van der Waals surface area contributed by atoms with Crippen molar-refractivity contribution in [2.75, 3.05) is 13.7 Å². The highest BCUT2D eigenvalue weighted by Crippen LogP contribution is 2.38. The van der Waals surface area contributed by atoms with E-state index in [9.17, 15) is 14.3 Å². The summed E-state index contributed by atoms with van der Waals surface area (Å²) in [4.78, 5) is 24.0. The van der Waals surface area contributed by atoms with Crippen LogP contribution in [0.15, 0.2) is 39.9 Å². The molecular formula is C20H22FN3O4. The number of hydrogen-bond acceptors (Lipinski definition) is 5. The van der Waals surface area contributed by atoms with Crippen molar-refractivity contribution in [1.29, 1.82) is 0 Å². The number of aliphatic hydroxyl groups is 1. The number of amides is 1. The lowest BCUT2D eigenvalue weighted by Crippen LogP contribution is -2.46. The smallest absolute Gasteiger partial charge is 0.262 e. The molecule has 1 aliphatic carbocycles. The van der Waals surface area contributed by atoms with Gasteiger partial charge < -0.3 is 14.4 Å². The van der Waals surface area contributed by atoms with Crippen LogP contribution in [0.5, 0.6) is 0 Å². The number of nitrogens with zero attached hydrogens (tertiary/aromatic N) is 2. The molecule has 4 rings (SSSR count). The van der Waals surface area contributed by atoms with Crippen molar-refractivity contribution in [3.8, 4) is 0 Å². The maximum atomic E-state index is 14.4. The summed E-state index contributed by atoms with van der Waals surface area (Å²) in [6.45, 7) is 2.22. The number of amidine groups is 1. The third-order valence-electron chi connectivity index (χ3n) is 5.04. The number of likely N-dealkylation sites (N-methyl/N-ethyl adjacent to an activating group) is 1. The van der Waals surface area contributed by atoms with Crippen LogP contribution in [0, 0.1) is 18.7 Å². The van der Waals surface area contributed by atoms with Gasteiger partial charge in [-0.3, -0.25) is 9.63 Å². The fraction of sp³-hybridized carbons (Fsp3) is 0.400. The lowest BCUT2D eigenvalue weighted by atomic mass is 9.94. The number of halogens is 1. The zero-order valence-corrected chi connectivity index (χ0v) is 15.7. The first-order valence-electron chi connectivity index (χ1n) is 9.20. The molecule has 2 aromatic rings. The van der Waals surface area contributed by atoms with Crippen LogP contribution in [0.2, 0.25) is 0 Å². The first-order chi connectivity index (χ1) is 13.5. The van der Waals surface area contributed by atoms with Crippen LogP contribution in [-0.4, -0.2) is 35.4 Å². The summed E-state index contributed by atoms with van der Waals surface area (Å²) in [5.74, 6) is -1.05. The van der Waals surface area contributed by atoms with Crippen molar-refractivity contribution in [2.24, 2.45) is 10.9 Å². The van der Waals surface area contributed by atoms with Gasteiger partial charge in [0.15, 0.2) is 12.1 Å². The average molecular weight is 387 g/mol. The molecule has 2 unspecified atom stereocenters. The highest BCUT2D eigenvalue weighted by molar-refractivity contribution is 6.09. The third-order valence-corrected chi connectivity index (χ3v) is 5.04. The first-order valence-corrected chi connectivity index (χ1v) is 9.20. The number of hydrogen-bond donors (Lipinski definition) is 2. The van der Waals surface area contributed by atoms with E-state index in [1.54, 1.807) is 26.1 Å². The first kappa shape index (κ1) is 18.6. The molecule has 2 aliphatic rings. The van der Waals surface area contributed by atoms with Crippen molar-refractivity contribution in [3.63, 3.8) is 0 Å². The van der Waals surface area contributed by atoms with E-state index in [1.807, 2.05) is 0 Å². The summed E-state index contributed by atoms with van der Waals surface area (Å²) >= 11 is 0. The molecule has 2 heterocycles. The number of fused-ring (bicyclic) bond motifs is 1. The quantitative estimate of drug-likeness (QED) is 0.771. The van der Waals surface area contributed by atoms with Crippen LogP contribution in [0.25, 0.3) is 0 Å². The molecule has 148 valence electrons. The van der Waals surface area contributed by atoms with E-state index in [4.69, 9.17) is 9.25 Å². The Morgan fingerprint density at radius 3 is 2.93 bits per heavy atom. The molecule has 1 aromatic heterocycles. The Morgan fingerprint density at radius 1 is 1.43 bits per heavy atom. The van der Waals surface area contributed by atoms with E-state index in [-0.39, 0.29) is 17.3 Å². The van der Waals surface area contributed by atoms with Crippen LogP contribution >= 0.6 is 0 Å². The summed E-state index contributed by atoms with van der Waals surface area (Å²) in [5.41, 5.74) is 3.75. The van der Waals surface area contributed by atoms with Crippen LogP contribution in [0.3, 0.4) is 0 Å². The Kier molecular flexibility index (Phi) is 4.91. The Hall–Kier alpha value is -2.71. The van der Waals surface area contributed by atoms with E-state index in [1.165, 1.54) is 23.3 Å². The van der Waals surface area contributed by atoms with Gasteiger partial charge in [0.1, 0.15) is 23.1 Å². The van der Waals surface area contributed by atoms with E-state index in [0.29, 0.717) is 18.1 Å². The van der Waals surface area contributed by atoms with Crippen LogP contribution in [0.4, 0.5) is 10.1 Å². The lowest BCUT2D eigenvalue weighted by molar-refractivity contribution is -0.134. The van der Waals surface area contributed by atoms with Gasteiger partial charge in [-0.05, 0) is 49.4 Å². The monoisotopic (exact) mass is 387 g/mol. The highest BCUT2D eigenvalue weighted by atomic mass is 19.1. The van der Waals surface area contributed by atoms with Gasteiger partial charge >= 0.3 is 0 Å². The molecule has 0 radical (unpaired) electrons. The Labute approximate surface area is 161 Å². The molecule has 1 amide bonds. The number of benzene rings is 1. The standard InChI is InChI=1S/C20H22FN3O4/c1-11-3-6-15(14(21)9-11)22-18-16(19(25)23-28-10-12-4-5-12)17-13(7-8-27-17)20(26)24(18)2/h3,6-9,12,16,20,26H,4-5,10H2,1-2H3,(H,23,25). The van der Waals surface area contributed by atoms with Gasteiger partial charge in [-0.15, -0.1) is 0 Å². The molecular weight excluding hydrogens is 365 g/mol. The highest BCUT2D eigenvalue weighted by Gasteiger charge is 2.42. The number of hydroxylamine groups is 1. The topological polar surface area (TPSA) is 87.3 Å². The zero-order chi connectivity index (χ0) is 19.8. The van der Waals surface area contributed by atoms with Crippen molar-refractivity contribution in [1.82, 2.24) is 10.4 Å². The van der Waals surface area contributed by atoms with E-state index in [0.717, 1.165) is 18.4 Å². The predicted molar refractivity (Wildman–Crippen MR) is 99.2 cm³/mol. The molecule has 8 heteroatoms. The number of aryl methyl sites for hydroxylation is 1. The fourth-order valence-electron chi connectivity index (χ4n) is 3.21. The zero-order valence-electron chi connectivity index (χ0n) is 15.7. The molecule has 0 saturated heterocycles. The number of nitrogens with one attached hydrogen (secondary N) is 1. The van der Waals surface area contributed by atoms with Crippen molar-refractivity contribution < 1.29 is 23.5 Å². The SMILES string of the molecule is Cc1ccc(N=C2C(C(=O)NOCC3CC3)c3occc3C(O)N2C)c(F)c1. The number of aliphatic hydroxyl groups excluding tert-OH is 1. The predicted octanol–water partition coefficient (Wildman–Crippen LogP) is 2.94. The molecule has 2 N–H and O–H groups in total. The molecule has 1 saturated carbocycles. The second-order valence-corrected chi connectivity index (χ2v) is 7.30. The largest absolute Gasteiger partial charge is 0.468 e. The maximum Gasteiger partial charge on any atom is 0.262 e. The van der Waals surface area contributed by atoms with Crippen LogP contribution < -0.4 is 5.48 Å². The second-order valence-electron chi connectivity index (χ2n) is 7.30. The van der Waals surface area contributed by atoms with Gasteiger partial charge in [-0.2, -0.15) is 0 Å². The van der Waals surface area contributed by atoms with E-state index in [2.05, 4.69) is 10.5 Å². The van der Waals surface area contributed by atoms with Gasteiger partial charge in [0.25, 0.3) is 5.91 Å². The normalized spacial score (nSPS) is 23.0. The molecule has 2 atom stereocenters. The Bertz CT molecular complexity index is 922. The van der Waals surface area contributed by atoms with Crippen molar-refractivity contribution in [2.45, 2.75) is 31.9 Å². The minimum atomic E-state index is -1.06. The van der Waals surface area contributed by atoms with Crippen molar-refractivity contribution in [3.05, 3.63) is 53.2 Å². The second kappa shape index (κ2) is 7.37. The van der Waals surface area contributed by atoms with Crippen molar-refractivity contribution >= 4 is 17.4 Å². The molecule has 1 aromatic carbocycles. The number of carbonyl (C=O) groups excluding carboxylic acids is 1. The molecule has 0 spiro atoms. The number of rotatable bonds is 5. The van der Waals surface area contributed by atoms with E-state index >= 15 is 0 Å². The van der Waals surface area contributed by atoms with E-state index < -0.39 is 23.9 Å². The van der Waals surface area contributed by atoms with Crippen LogP contribution in [0.1, 0.15) is 41.9 Å². The van der Waals surface area contributed by atoms with Gasteiger partial charge in [0.2, 0.25) is 0 Å². The fourth-order valence-corrected chi connectivity index (χ4v) is 3.21. The lowest BCUT2D eigenvalue weighted by Gasteiger charge is -2.35. The molecule has 1 aliphatic heterocycles. The summed E-state index contributed by atoms with van der Waals surface area (Å²) in [5, 5.41) is 10.6. The minimum Gasteiger partial charge on any atom is -0.468 e. The number of carbonyl (C=O) groups is 1. The third kappa shape index (κ3) is 3.53. The number of furan rings is 1.